The number of piperidine rings is 1. The molecule has 0 atom stereocenters. The molecule has 0 amide bonds. The molecule has 0 saturated carbocycles. The number of alkyl halides is 3. The van der Waals surface area contributed by atoms with Gasteiger partial charge in [0.1, 0.15) is 12.4 Å². The molecule has 0 aliphatic carbocycles. The van der Waals surface area contributed by atoms with Crippen LogP contribution in [0.3, 0.4) is 0 Å². The van der Waals surface area contributed by atoms with Gasteiger partial charge in [0, 0.05) is 42.8 Å². The van der Waals surface area contributed by atoms with Crippen LogP contribution in [0.15, 0.2) is 42.5 Å². The van der Waals surface area contributed by atoms with E-state index in [0.717, 1.165) is 35.0 Å². The van der Waals surface area contributed by atoms with E-state index in [1.807, 2.05) is 47.4 Å². The first kappa shape index (κ1) is 20.7. The van der Waals surface area contributed by atoms with Gasteiger partial charge in [0.25, 0.3) is 0 Å². The summed E-state index contributed by atoms with van der Waals surface area (Å²) in [6.45, 7) is 2.84. The minimum atomic E-state index is -4.09. The summed E-state index contributed by atoms with van der Waals surface area (Å²) in [7, 11) is 0. The van der Waals surface area contributed by atoms with Crippen molar-refractivity contribution in [2.45, 2.75) is 19.0 Å². The lowest BCUT2D eigenvalue weighted by Crippen LogP contribution is -2.38. The van der Waals surface area contributed by atoms with Crippen molar-refractivity contribution >= 4 is 22.7 Å². The number of ether oxygens (including phenoxy) is 1. The predicted octanol–water partition coefficient (Wildman–Crippen LogP) is 4.40. The van der Waals surface area contributed by atoms with Crippen LogP contribution < -0.4 is 19.9 Å². The third-order valence-corrected chi connectivity index (χ3v) is 5.77. The SMILES string of the molecule is OCCN1CCOc2cc(Nc3ccc(N4CCC(C(F)(F)F)CC4)cc3)ccc21. The highest BCUT2D eigenvalue weighted by Crippen LogP contribution is 2.37. The summed E-state index contributed by atoms with van der Waals surface area (Å²) in [5.74, 6) is -0.405. The maximum Gasteiger partial charge on any atom is 0.391 e. The summed E-state index contributed by atoms with van der Waals surface area (Å²) < 4.78 is 44.3. The molecule has 8 heteroatoms. The highest BCUT2D eigenvalue weighted by molar-refractivity contribution is 5.70. The van der Waals surface area contributed by atoms with Crippen LogP contribution in [0, 0.1) is 5.92 Å². The Labute approximate surface area is 174 Å². The Morgan fingerprint density at radius 3 is 2.37 bits per heavy atom. The first-order valence-electron chi connectivity index (χ1n) is 10.3. The molecule has 1 fully saturated rings. The molecule has 2 aliphatic heterocycles. The maximum atomic E-state index is 12.8. The van der Waals surface area contributed by atoms with Crippen LogP contribution >= 0.6 is 0 Å². The molecule has 2 aromatic rings. The fraction of sp³-hybridized carbons (Fsp3) is 0.455. The molecular formula is C22H26F3N3O2. The average Bonchev–Trinajstić information content (AvgIpc) is 2.74. The van der Waals surface area contributed by atoms with Crippen molar-refractivity contribution in [1.29, 1.82) is 0 Å². The number of rotatable bonds is 5. The van der Waals surface area contributed by atoms with E-state index in [2.05, 4.69) is 10.2 Å². The van der Waals surface area contributed by atoms with E-state index in [1.54, 1.807) is 0 Å². The number of hydrogen-bond acceptors (Lipinski definition) is 5. The van der Waals surface area contributed by atoms with Gasteiger partial charge in [-0.1, -0.05) is 0 Å². The summed E-state index contributed by atoms with van der Waals surface area (Å²) in [6.07, 6.45) is -3.80. The first-order chi connectivity index (χ1) is 14.4. The van der Waals surface area contributed by atoms with Crippen LogP contribution in [-0.4, -0.2) is 50.7 Å². The molecule has 0 spiro atoms. The number of halogens is 3. The van der Waals surface area contributed by atoms with E-state index in [1.165, 1.54) is 0 Å². The second-order valence-electron chi connectivity index (χ2n) is 7.72. The monoisotopic (exact) mass is 421 g/mol. The summed E-state index contributed by atoms with van der Waals surface area (Å²) >= 11 is 0. The molecule has 162 valence electrons. The fourth-order valence-electron chi connectivity index (χ4n) is 4.10. The van der Waals surface area contributed by atoms with Crippen LogP contribution in [0.2, 0.25) is 0 Å². The van der Waals surface area contributed by atoms with Crippen LogP contribution in [-0.2, 0) is 0 Å². The Balaban J connectivity index is 1.39. The minimum Gasteiger partial charge on any atom is -0.489 e. The largest absolute Gasteiger partial charge is 0.489 e. The van der Waals surface area contributed by atoms with Gasteiger partial charge < -0.3 is 25.0 Å². The number of benzene rings is 2. The molecule has 1 saturated heterocycles. The van der Waals surface area contributed by atoms with E-state index in [-0.39, 0.29) is 19.4 Å². The Bertz CT molecular complexity index is 850. The van der Waals surface area contributed by atoms with Gasteiger partial charge in [0.15, 0.2) is 0 Å². The molecule has 4 rings (SSSR count). The molecule has 2 heterocycles. The van der Waals surface area contributed by atoms with Gasteiger partial charge in [0.05, 0.1) is 24.8 Å². The van der Waals surface area contributed by atoms with Crippen molar-refractivity contribution in [3.05, 3.63) is 42.5 Å². The van der Waals surface area contributed by atoms with Crippen molar-refractivity contribution < 1.29 is 23.0 Å². The van der Waals surface area contributed by atoms with Gasteiger partial charge in [-0.25, -0.2) is 0 Å². The standard InChI is InChI=1S/C22H26F3N3O2/c23-22(24,25)16-7-9-27(10-8-16)19-4-1-17(2-5-19)26-18-3-6-20-21(15-18)30-14-12-28(20)11-13-29/h1-6,15-16,26,29H,7-14H2. The van der Waals surface area contributed by atoms with Gasteiger partial charge in [-0.3, -0.25) is 0 Å². The van der Waals surface area contributed by atoms with E-state index < -0.39 is 12.1 Å². The number of hydrogen-bond donors (Lipinski definition) is 2. The van der Waals surface area contributed by atoms with Gasteiger partial charge in [-0.05, 0) is 49.2 Å². The number of aliphatic hydroxyl groups is 1. The molecule has 0 radical (unpaired) electrons. The van der Waals surface area contributed by atoms with Crippen molar-refractivity contribution in [3.8, 4) is 5.75 Å². The maximum absolute atomic E-state index is 12.8. The zero-order valence-corrected chi connectivity index (χ0v) is 16.7. The number of fused-ring (bicyclic) bond motifs is 1. The quantitative estimate of drug-likeness (QED) is 0.750. The van der Waals surface area contributed by atoms with Crippen LogP contribution in [0.5, 0.6) is 5.75 Å². The molecule has 5 nitrogen and oxygen atoms in total. The Kier molecular flexibility index (Phi) is 5.94. The topological polar surface area (TPSA) is 48.0 Å². The van der Waals surface area contributed by atoms with Crippen molar-refractivity contribution in [2.75, 3.05) is 54.5 Å². The number of β-amino-alcohol motifs (C(OH)–C–C–N with tert-alkyl or cyclic N) is 1. The molecule has 2 aliphatic rings. The van der Waals surface area contributed by atoms with Crippen molar-refractivity contribution in [2.24, 2.45) is 5.92 Å². The molecular weight excluding hydrogens is 395 g/mol. The number of aliphatic hydroxyl groups excluding tert-OH is 1. The molecule has 0 unspecified atom stereocenters. The smallest absolute Gasteiger partial charge is 0.391 e. The molecule has 0 bridgehead atoms. The van der Waals surface area contributed by atoms with Crippen LogP contribution in [0.4, 0.5) is 35.9 Å². The molecule has 2 aromatic carbocycles. The van der Waals surface area contributed by atoms with E-state index in [9.17, 15) is 18.3 Å². The number of nitrogens with one attached hydrogen (secondary N) is 1. The molecule has 0 aromatic heterocycles. The zero-order chi connectivity index (χ0) is 21.1. The van der Waals surface area contributed by atoms with Gasteiger partial charge in [0.2, 0.25) is 0 Å². The highest BCUT2D eigenvalue weighted by Gasteiger charge is 2.41. The normalized spacial score (nSPS) is 17.5. The number of nitrogens with zero attached hydrogens (tertiary/aromatic N) is 2. The Morgan fingerprint density at radius 1 is 1.00 bits per heavy atom. The Hall–Kier alpha value is -2.61. The first-order valence-corrected chi connectivity index (χ1v) is 10.3. The van der Waals surface area contributed by atoms with Gasteiger partial charge in [-0.15, -0.1) is 0 Å². The predicted molar refractivity (Wildman–Crippen MR) is 112 cm³/mol. The summed E-state index contributed by atoms with van der Waals surface area (Å²) in [5.41, 5.74) is 3.69. The molecule has 30 heavy (non-hydrogen) atoms. The summed E-state index contributed by atoms with van der Waals surface area (Å²) in [4.78, 5) is 4.11. The number of anilines is 4. The van der Waals surface area contributed by atoms with Crippen LogP contribution in [0.25, 0.3) is 0 Å². The van der Waals surface area contributed by atoms with Crippen molar-refractivity contribution in [1.82, 2.24) is 0 Å². The van der Waals surface area contributed by atoms with Gasteiger partial charge in [-0.2, -0.15) is 13.2 Å². The van der Waals surface area contributed by atoms with Gasteiger partial charge >= 0.3 is 6.18 Å². The second kappa shape index (κ2) is 8.63. The minimum absolute atomic E-state index is 0.0969. The zero-order valence-electron chi connectivity index (χ0n) is 16.7. The average molecular weight is 421 g/mol. The van der Waals surface area contributed by atoms with Crippen molar-refractivity contribution in [3.63, 3.8) is 0 Å². The lowest BCUT2D eigenvalue weighted by atomic mass is 9.96. The van der Waals surface area contributed by atoms with E-state index in [4.69, 9.17) is 4.74 Å². The Morgan fingerprint density at radius 2 is 1.70 bits per heavy atom. The summed E-state index contributed by atoms with van der Waals surface area (Å²) in [5, 5.41) is 12.6. The fourth-order valence-corrected chi connectivity index (χ4v) is 4.10. The third kappa shape index (κ3) is 4.59. The lowest BCUT2D eigenvalue weighted by Gasteiger charge is -2.34. The van der Waals surface area contributed by atoms with Crippen LogP contribution in [0.1, 0.15) is 12.8 Å². The third-order valence-electron chi connectivity index (χ3n) is 5.77. The second-order valence-corrected chi connectivity index (χ2v) is 7.72. The van der Waals surface area contributed by atoms with E-state index in [0.29, 0.717) is 26.2 Å². The lowest BCUT2D eigenvalue weighted by molar-refractivity contribution is -0.179. The summed E-state index contributed by atoms with van der Waals surface area (Å²) in [6, 6.07) is 13.6. The van der Waals surface area contributed by atoms with E-state index >= 15 is 0 Å². The highest BCUT2D eigenvalue weighted by atomic mass is 19.4. The molecule has 2 N–H and O–H groups in total.